The normalized spacial score (nSPS) is 23.0. The number of nitrogens with two attached hydrogens (primary N) is 1. The SMILES string of the molecule is CC1(C(CN)CC(=O)O)CCOCC1. The second-order valence-electron chi connectivity index (χ2n) is 4.30. The second kappa shape index (κ2) is 4.75. The molecule has 0 spiro atoms. The van der Waals surface area contributed by atoms with Crippen LogP contribution in [-0.4, -0.2) is 30.8 Å². The fourth-order valence-corrected chi connectivity index (χ4v) is 2.07. The third kappa shape index (κ3) is 2.69. The molecule has 0 radical (unpaired) electrons. The van der Waals surface area contributed by atoms with Gasteiger partial charge in [-0.1, -0.05) is 6.92 Å². The van der Waals surface area contributed by atoms with Crippen LogP contribution in [0.1, 0.15) is 26.2 Å². The molecule has 14 heavy (non-hydrogen) atoms. The van der Waals surface area contributed by atoms with Gasteiger partial charge in [0.25, 0.3) is 0 Å². The van der Waals surface area contributed by atoms with Gasteiger partial charge < -0.3 is 15.6 Å². The highest BCUT2D eigenvalue weighted by Gasteiger charge is 2.36. The van der Waals surface area contributed by atoms with Gasteiger partial charge in [-0.2, -0.15) is 0 Å². The summed E-state index contributed by atoms with van der Waals surface area (Å²) in [6.45, 7) is 4.03. The van der Waals surface area contributed by atoms with Gasteiger partial charge in [0.15, 0.2) is 0 Å². The molecule has 1 unspecified atom stereocenters. The number of carboxylic acids is 1. The quantitative estimate of drug-likeness (QED) is 0.707. The molecule has 0 aromatic carbocycles. The molecule has 1 atom stereocenters. The average Bonchev–Trinajstić information content (AvgIpc) is 2.15. The molecule has 0 aromatic rings. The number of carboxylic acid groups (broad SMARTS) is 1. The van der Waals surface area contributed by atoms with E-state index in [9.17, 15) is 4.79 Å². The fraction of sp³-hybridized carbons (Fsp3) is 0.900. The highest BCUT2D eigenvalue weighted by atomic mass is 16.5. The Hall–Kier alpha value is -0.610. The number of carbonyl (C=O) groups is 1. The van der Waals surface area contributed by atoms with Crippen molar-refractivity contribution in [2.24, 2.45) is 17.1 Å². The van der Waals surface area contributed by atoms with Crippen molar-refractivity contribution in [3.05, 3.63) is 0 Å². The minimum Gasteiger partial charge on any atom is -0.481 e. The van der Waals surface area contributed by atoms with Crippen LogP contribution in [0.15, 0.2) is 0 Å². The van der Waals surface area contributed by atoms with Crippen molar-refractivity contribution in [1.29, 1.82) is 0 Å². The van der Waals surface area contributed by atoms with Crippen LogP contribution in [-0.2, 0) is 9.53 Å². The van der Waals surface area contributed by atoms with Crippen molar-refractivity contribution in [3.63, 3.8) is 0 Å². The summed E-state index contributed by atoms with van der Waals surface area (Å²) in [6, 6.07) is 0. The topological polar surface area (TPSA) is 72.6 Å². The number of hydrogen-bond donors (Lipinski definition) is 2. The summed E-state index contributed by atoms with van der Waals surface area (Å²) in [4.78, 5) is 10.7. The first-order chi connectivity index (χ1) is 6.58. The Morgan fingerprint density at radius 1 is 1.57 bits per heavy atom. The first-order valence-electron chi connectivity index (χ1n) is 5.08. The summed E-state index contributed by atoms with van der Waals surface area (Å²) in [6.07, 6.45) is 2.01. The van der Waals surface area contributed by atoms with Crippen LogP contribution in [0.25, 0.3) is 0 Å². The van der Waals surface area contributed by atoms with E-state index in [-0.39, 0.29) is 17.8 Å². The average molecular weight is 201 g/mol. The smallest absolute Gasteiger partial charge is 0.303 e. The summed E-state index contributed by atoms with van der Waals surface area (Å²) in [7, 11) is 0. The zero-order chi connectivity index (χ0) is 10.6. The lowest BCUT2D eigenvalue weighted by molar-refractivity contribution is -0.140. The van der Waals surface area contributed by atoms with Crippen molar-refractivity contribution < 1.29 is 14.6 Å². The van der Waals surface area contributed by atoms with Gasteiger partial charge in [0.1, 0.15) is 0 Å². The highest BCUT2D eigenvalue weighted by molar-refractivity contribution is 5.67. The third-order valence-electron chi connectivity index (χ3n) is 3.33. The minimum absolute atomic E-state index is 0.0470. The van der Waals surface area contributed by atoms with Crippen LogP contribution in [0.2, 0.25) is 0 Å². The van der Waals surface area contributed by atoms with Crippen LogP contribution in [0.5, 0.6) is 0 Å². The maximum Gasteiger partial charge on any atom is 0.303 e. The first kappa shape index (κ1) is 11.5. The Morgan fingerprint density at radius 3 is 2.57 bits per heavy atom. The lowest BCUT2D eigenvalue weighted by Crippen LogP contribution is -2.39. The standard InChI is InChI=1S/C10H19NO3/c1-10(2-4-14-5-3-10)8(7-11)6-9(12)13/h8H,2-7,11H2,1H3,(H,12,13). The van der Waals surface area contributed by atoms with E-state index >= 15 is 0 Å². The predicted octanol–water partition coefficient (Wildman–Crippen LogP) is 0.853. The molecule has 0 bridgehead atoms. The summed E-state index contributed by atoms with van der Waals surface area (Å²) in [5.41, 5.74) is 5.68. The van der Waals surface area contributed by atoms with Crippen LogP contribution >= 0.6 is 0 Å². The highest BCUT2D eigenvalue weighted by Crippen LogP contribution is 2.38. The molecule has 1 saturated heterocycles. The van der Waals surface area contributed by atoms with E-state index in [1.807, 2.05) is 0 Å². The summed E-state index contributed by atoms with van der Waals surface area (Å²) in [5, 5.41) is 8.77. The number of rotatable bonds is 4. The van der Waals surface area contributed by atoms with Crippen molar-refractivity contribution in [1.82, 2.24) is 0 Å². The van der Waals surface area contributed by atoms with Crippen LogP contribution in [0, 0.1) is 11.3 Å². The van der Waals surface area contributed by atoms with Crippen molar-refractivity contribution in [3.8, 4) is 0 Å². The van der Waals surface area contributed by atoms with Gasteiger partial charge in [0.2, 0.25) is 0 Å². The Morgan fingerprint density at radius 2 is 2.14 bits per heavy atom. The summed E-state index contributed by atoms with van der Waals surface area (Å²) < 4.78 is 5.28. The third-order valence-corrected chi connectivity index (χ3v) is 3.33. The Bertz CT molecular complexity index is 200. The van der Waals surface area contributed by atoms with Crippen LogP contribution < -0.4 is 5.73 Å². The molecule has 0 amide bonds. The molecule has 1 heterocycles. The van der Waals surface area contributed by atoms with Gasteiger partial charge >= 0.3 is 5.97 Å². The predicted molar refractivity (Wildman–Crippen MR) is 53.0 cm³/mol. The van der Waals surface area contributed by atoms with Gasteiger partial charge in [-0.25, -0.2) is 0 Å². The first-order valence-corrected chi connectivity index (χ1v) is 5.08. The molecule has 4 nitrogen and oxygen atoms in total. The van der Waals surface area contributed by atoms with Gasteiger partial charge in [-0.3, -0.25) is 4.79 Å². The molecule has 0 saturated carbocycles. The lowest BCUT2D eigenvalue weighted by Gasteiger charge is -2.39. The van der Waals surface area contributed by atoms with Gasteiger partial charge in [0.05, 0.1) is 0 Å². The molecular formula is C10H19NO3. The van der Waals surface area contributed by atoms with Gasteiger partial charge in [0, 0.05) is 19.6 Å². The van der Waals surface area contributed by atoms with E-state index in [4.69, 9.17) is 15.6 Å². The van der Waals surface area contributed by atoms with Gasteiger partial charge in [-0.15, -0.1) is 0 Å². The van der Waals surface area contributed by atoms with E-state index in [0.717, 1.165) is 26.1 Å². The van der Waals surface area contributed by atoms with Crippen LogP contribution in [0.4, 0.5) is 0 Å². The summed E-state index contributed by atoms with van der Waals surface area (Å²) >= 11 is 0. The monoisotopic (exact) mass is 201 g/mol. The maximum atomic E-state index is 10.7. The Labute approximate surface area is 84.4 Å². The molecule has 4 heteroatoms. The fourth-order valence-electron chi connectivity index (χ4n) is 2.07. The number of hydrogen-bond acceptors (Lipinski definition) is 3. The molecule has 1 fully saturated rings. The zero-order valence-corrected chi connectivity index (χ0v) is 8.66. The largest absolute Gasteiger partial charge is 0.481 e. The van der Waals surface area contributed by atoms with Crippen molar-refractivity contribution in [2.75, 3.05) is 19.8 Å². The van der Waals surface area contributed by atoms with E-state index in [1.54, 1.807) is 0 Å². The minimum atomic E-state index is -0.756. The number of aliphatic carboxylic acids is 1. The van der Waals surface area contributed by atoms with Gasteiger partial charge in [-0.05, 0) is 30.7 Å². The molecular weight excluding hydrogens is 182 g/mol. The Kier molecular flexibility index (Phi) is 3.89. The van der Waals surface area contributed by atoms with Crippen molar-refractivity contribution >= 4 is 5.97 Å². The number of ether oxygens (including phenoxy) is 1. The van der Waals surface area contributed by atoms with Crippen molar-refractivity contribution in [2.45, 2.75) is 26.2 Å². The lowest BCUT2D eigenvalue weighted by atomic mass is 9.70. The summed E-state index contributed by atoms with van der Waals surface area (Å²) in [5.74, 6) is -0.683. The maximum absolute atomic E-state index is 10.7. The molecule has 1 rings (SSSR count). The molecule has 3 N–H and O–H groups in total. The van der Waals surface area contributed by atoms with E-state index in [2.05, 4.69) is 6.92 Å². The zero-order valence-electron chi connectivity index (χ0n) is 8.66. The molecule has 0 aromatic heterocycles. The van der Waals surface area contributed by atoms with E-state index in [1.165, 1.54) is 0 Å². The Balaban J connectivity index is 2.60. The van der Waals surface area contributed by atoms with Crippen LogP contribution in [0.3, 0.4) is 0 Å². The van der Waals surface area contributed by atoms with E-state index in [0.29, 0.717) is 6.54 Å². The molecule has 0 aliphatic carbocycles. The van der Waals surface area contributed by atoms with E-state index < -0.39 is 5.97 Å². The molecule has 1 aliphatic rings. The second-order valence-corrected chi connectivity index (χ2v) is 4.30. The molecule has 1 aliphatic heterocycles. The molecule has 82 valence electrons.